The van der Waals surface area contributed by atoms with Gasteiger partial charge in [-0.05, 0) is 49.4 Å². The third-order valence-electron chi connectivity index (χ3n) is 4.60. The maximum atomic E-state index is 12.6. The van der Waals surface area contributed by atoms with E-state index in [9.17, 15) is 13.2 Å². The largest absolute Gasteiger partial charge is 0.325 e. The first-order chi connectivity index (χ1) is 11.1. The van der Waals surface area contributed by atoms with Gasteiger partial charge in [0.2, 0.25) is 15.9 Å². The molecule has 0 spiro atoms. The van der Waals surface area contributed by atoms with Crippen LogP contribution in [0.1, 0.15) is 32.3 Å². The van der Waals surface area contributed by atoms with Gasteiger partial charge >= 0.3 is 0 Å². The second kappa shape index (κ2) is 6.82. The molecule has 2 rings (SSSR count). The van der Waals surface area contributed by atoms with Gasteiger partial charge < -0.3 is 10.6 Å². The van der Waals surface area contributed by atoms with Crippen molar-refractivity contribution in [3.8, 4) is 0 Å². The van der Waals surface area contributed by atoms with Crippen LogP contribution in [0, 0.1) is 12.3 Å². The molecule has 1 aromatic carbocycles. The van der Waals surface area contributed by atoms with Gasteiger partial charge in [-0.2, -0.15) is 0 Å². The van der Waals surface area contributed by atoms with Gasteiger partial charge in [0.25, 0.3) is 0 Å². The fourth-order valence-corrected chi connectivity index (χ4v) is 4.17. The van der Waals surface area contributed by atoms with E-state index in [0.29, 0.717) is 11.3 Å². The number of piperidine rings is 1. The number of carbonyl (C=O) groups excluding carboxylic acids is 1. The van der Waals surface area contributed by atoms with Crippen molar-refractivity contribution in [3.63, 3.8) is 0 Å². The summed E-state index contributed by atoms with van der Waals surface area (Å²) in [4.78, 5) is 12.8. The van der Waals surface area contributed by atoms with E-state index in [1.54, 1.807) is 19.1 Å². The molecule has 1 aromatic rings. The summed E-state index contributed by atoms with van der Waals surface area (Å²) in [5, 5.41) is 6.13. The number of nitrogens with one attached hydrogen (secondary N) is 2. The first-order valence-corrected chi connectivity index (χ1v) is 9.57. The number of hydrogen-bond donors (Lipinski definition) is 2. The van der Waals surface area contributed by atoms with Crippen molar-refractivity contribution < 1.29 is 13.2 Å². The number of anilines is 1. The zero-order chi connectivity index (χ0) is 18.1. The minimum absolute atomic E-state index is 0.128. The van der Waals surface area contributed by atoms with E-state index in [2.05, 4.69) is 24.5 Å². The number of sulfonamides is 1. The van der Waals surface area contributed by atoms with Crippen LogP contribution in [-0.2, 0) is 14.8 Å². The standard InChI is InChI=1S/C17H27N3O3S/c1-12-7-8-13(11-14(12)24(22,23)20(4)5)19-16(21)15-17(2,3)9-6-10-18-15/h7-8,11,15,18H,6,9-10H2,1-5H3,(H,19,21). The van der Waals surface area contributed by atoms with E-state index in [1.807, 2.05) is 0 Å². The number of nitrogens with zero attached hydrogens (tertiary/aromatic N) is 1. The zero-order valence-electron chi connectivity index (χ0n) is 15.0. The summed E-state index contributed by atoms with van der Waals surface area (Å²) in [6.07, 6.45) is 2.03. The molecule has 6 nitrogen and oxygen atoms in total. The second-order valence-electron chi connectivity index (χ2n) is 7.24. The minimum atomic E-state index is -3.55. The van der Waals surface area contributed by atoms with E-state index in [4.69, 9.17) is 0 Å². The SMILES string of the molecule is Cc1ccc(NC(=O)C2NCCCC2(C)C)cc1S(=O)(=O)N(C)C. The average Bonchev–Trinajstić information content (AvgIpc) is 2.48. The van der Waals surface area contributed by atoms with Gasteiger partial charge in [0.1, 0.15) is 0 Å². The highest BCUT2D eigenvalue weighted by Gasteiger charge is 2.37. The normalized spacial score (nSPS) is 20.8. The Morgan fingerprint density at radius 1 is 1.33 bits per heavy atom. The van der Waals surface area contributed by atoms with E-state index in [1.165, 1.54) is 24.5 Å². The van der Waals surface area contributed by atoms with Gasteiger partial charge in [-0.15, -0.1) is 0 Å². The molecule has 1 unspecified atom stereocenters. The van der Waals surface area contributed by atoms with E-state index >= 15 is 0 Å². The quantitative estimate of drug-likeness (QED) is 0.867. The van der Waals surface area contributed by atoms with Crippen LogP contribution in [0.15, 0.2) is 23.1 Å². The number of benzene rings is 1. The lowest BCUT2D eigenvalue weighted by atomic mass is 9.77. The molecule has 1 amide bonds. The minimum Gasteiger partial charge on any atom is -0.325 e. The Morgan fingerprint density at radius 3 is 2.58 bits per heavy atom. The summed E-state index contributed by atoms with van der Waals surface area (Å²) in [5.41, 5.74) is 1.01. The Hall–Kier alpha value is -1.44. The summed E-state index contributed by atoms with van der Waals surface area (Å²) >= 11 is 0. The lowest BCUT2D eigenvalue weighted by molar-refractivity contribution is -0.121. The Morgan fingerprint density at radius 2 is 2.00 bits per heavy atom. The average molecular weight is 353 g/mol. The molecule has 1 atom stereocenters. The van der Waals surface area contributed by atoms with Crippen LogP contribution in [0.3, 0.4) is 0 Å². The molecule has 1 saturated heterocycles. The molecule has 1 aliphatic heterocycles. The van der Waals surface area contributed by atoms with Gasteiger partial charge in [0.05, 0.1) is 10.9 Å². The first kappa shape index (κ1) is 18.9. The van der Waals surface area contributed by atoms with Gasteiger partial charge in [0.15, 0.2) is 0 Å². The number of carbonyl (C=O) groups is 1. The van der Waals surface area contributed by atoms with E-state index in [0.717, 1.165) is 19.4 Å². The highest BCUT2D eigenvalue weighted by atomic mass is 32.2. The predicted molar refractivity (Wildman–Crippen MR) is 95.5 cm³/mol. The van der Waals surface area contributed by atoms with Crippen LogP contribution in [0.25, 0.3) is 0 Å². The lowest BCUT2D eigenvalue weighted by Gasteiger charge is -2.38. The third kappa shape index (κ3) is 3.79. The number of rotatable bonds is 4. The third-order valence-corrected chi connectivity index (χ3v) is 6.56. The van der Waals surface area contributed by atoms with Gasteiger partial charge in [-0.25, -0.2) is 12.7 Å². The molecule has 24 heavy (non-hydrogen) atoms. The fraction of sp³-hybridized carbons (Fsp3) is 0.588. The molecular weight excluding hydrogens is 326 g/mol. The fourth-order valence-electron chi connectivity index (χ4n) is 3.03. The molecule has 2 N–H and O–H groups in total. The van der Waals surface area contributed by atoms with Crippen LogP contribution >= 0.6 is 0 Å². The number of aryl methyl sites for hydroxylation is 1. The Labute approximate surface area is 144 Å². The zero-order valence-corrected chi connectivity index (χ0v) is 15.8. The number of amides is 1. The Balaban J connectivity index is 2.26. The van der Waals surface area contributed by atoms with Crippen molar-refractivity contribution in [3.05, 3.63) is 23.8 Å². The van der Waals surface area contributed by atoms with Crippen LogP contribution < -0.4 is 10.6 Å². The molecule has 7 heteroatoms. The molecule has 0 aliphatic carbocycles. The van der Waals surface area contributed by atoms with Crippen molar-refractivity contribution >= 4 is 21.6 Å². The summed E-state index contributed by atoms with van der Waals surface area (Å²) < 4.78 is 26.0. The first-order valence-electron chi connectivity index (χ1n) is 8.13. The molecule has 1 fully saturated rings. The Kier molecular flexibility index (Phi) is 5.37. The maximum absolute atomic E-state index is 12.6. The maximum Gasteiger partial charge on any atom is 0.242 e. The number of hydrogen-bond acceptors (Lipinski definition) is 4. The molecule has 0 aromatic heterocycles. The van der Waals surface area contributed by atoms with Crippen LogP contribution in [-0.4, -0.2) is 45.3 Å². The smallest absolute Gasteiger partial charge is 0.242 e. The van der Waals surface area contributed by atoms with Crippen molar-refractivity contribution in [1.82, 2.24) is 9.62 Å². The van der Waals surface area contributed by atoms with Crippen molar-refractivity contribution in [1.29, 1.82) is 0 Å². The monoisotopic (exact) mass is 353 g/mol. The molecule has 134 valence electrons. The van der Waals surface area contributed by atoms with E-state index < -0.39 is 10.0 Å². The molecule has 1 aliphatic rings. The van der Waals surface area contributed by atoms with Crippen LogP contribution in [0.5, 0.6) is 0 Å². The molecular formula is C17H27N3O3S. The van der Waals surface area contributed by atoms with Crippen LogP contribution in [0.2, 0.25) is 0 Å². The second-order valence-corrected chi connectivity index (χ2v) is 9.36. The molecule has 0 saturated carbocycles. The summed E-state index contributed by atoms with van der Waals surface area (Å²) in [6.45, 7) is 6.70. The van der Waals surface area contributed by atoms with Gasteiger partial charge in [-0.3, -0.25) is 4.79 Å². The van der Waals surface area contributed by atoms with Gasteiger partial charge in [0, 0.05) is 19.8 Å². The lowest BCUT2D eigenvalue weighted by Crippen LogP contribution is -2.53. The summed E-state index contributed by atoms with van der Waals surface area (Å²) in [6, 6.07) is 4.68. The van der Waals surface area contributed by atoms with Crippen molar-refractivity contribution in [2.45, 2.75) is 44.6 Å². The highest BCUT2D eigenvalue weighted by molar-refractivity contribution is 7.89. The van der Waals surface area contributed by atoms with Gasteiger partial charge in [-0.1, -0.05) is 19.9 Å². The van der Waals surface area contributed by atoms with E-state index in [-0.39, 0.29) is 22.3 Å². The highest BCUT2D eigenvalue weighted by Crippen LogP contribution is 2.31. The molecule has 0 radical (unpaired) electrons. The molecule has 1 heterocycles. The van der Waals surface area contributed by atoms with Crippen LogP contribution in [0.4, 0.5) is 5.69 Å². The predicted octanol–water partition coefficient (Wildman–Crippen LogP) is 1.96. The van der Waals surface area contributed by atoms with Crippen molar-refractivity contribution in [2.24, 2.45) is 5.41 Å². The topological polar surface area (TPSA) is 78.5 Å². The Bertz CT molecular complexity index is 727. The summed E-state index contributed by atoms with van der Waals surface area (Å²) in [5.74, 6) is -0.128. The molecule has 0 bridgehead atoms. The summed E-state index contributed by atoms with van der Waals surface area (Å²) in [7, 11) is -0.558. The van der Waals surface area contributed by atoms with Crippen molar-refractivity contribution in [2.75, 3.05) is 26.0 Å².